The van der Waals surface area contributed by atoms with Gasteiger partial charge in [-0.15, -0.1) is 0 Å². The number of anilines is 1. The van der Waals surface area contributed by atoms with Gasteiger partial charge in [0.05, 0.1) is 0 Å². The number of likely N-dealkylation sites (tertiary alicyclic amines) is 1. The highest BCUT2D eigenvalue weighted by Gasteiger charge is 2.12. The second-order valence-corrected chi connectivity index (χ2v) is 7.98. The van der Waals surface area contributed by atoms with E-state index in [0.29, 0.717) is 5.56 Å². The number of fused-ring (bicyclic) bond motifs is 1. The predicted octanol–water partition coefficient (Wildman–Crippen LogP) is 5.84. The van der Waals surface area contributed by atoms with Crippen molar-refractivity contribution < 1.29 is 4.79 Å². The van der Waals surface area contributed by atoms with E-state index in [9.17, 15) is 4.79 Å². The monoisotopic (exact) mass is 422 g/mol. The lowest BCUT2D eigenvalue weighted by Gasteiger charge is -2.26. The van der Waals surface area contributed by atoms with Gasteiger partial charge in [-0.2, -0.15) is 0 Å². The molecule has 138 valence electrons. The summed E-state index contributed by atoms with van der Waals surface area (Å²) in [5.74, 6) is -0.0810. The Hall–Kier alpha value is -2.17. The Labute approximate surface area is 168 Å². The summed E-state index contributed by atoms with van der Waals surface area (Å²) in [7, 11) is 0. The molecule has 1 N–H and O–H groups in total. The highest BCUT2D eigenvalue weighted by molar-refractivity contribution is 9.10. The van der Waals surface area contributed by atoms with Crippen molar-refractivity contribution in [2.45, 2.75) is 25.8 Å². The zero-order valence-corrected chi connectivity index (χ0v) is 16.8. The molecular formula is C23H23BrN2O. The van der Waals surface area contributed by atoms with Crippen molar-refractivity contribution in [1.29, 1.82) is 0 Å². The van der Waals surface area contributed by atoms with Gasteiger partial charge in [0.1, 0.15) is 0 Å². The van der Waals surface area contributed by atoms with Crippen LogP contribution in [0.1, 0.15) is 35.2 Å². The Bertz CT molecular complexity index is 946. The number of piperidine rings is 1. The van der Waals surface area contributed by atoms with Crippen molar-refractivity contribution in [3.05, 3.63) is 76.3 Å². The van der Waals surface area contributed by atoms with Gasteiger partial charge in [0.25, 0.3) is 5.91 Å². The molecular weight excluding hydrogens is 400 g/mol. The van der Waals surface area contributed by atoms with E-state index in [4.69, 9.17) is 0 Å². The second-order valence-electron chi connectivity index (χ2n) is 7.13. The van der Waals surface area contributed by atoms with Gasteiger partial charge in [0.2, 0.25) is 0 Å². The average molecular weight is 423 g/mol. The number of rotatable bonds is 4. The third kappa shape index (κ3) is 4.23. The average Bonchev–Trinajstić information content (AvgIpc) is 2.70. The molecule has 0 aromatic heterocycles. The van der Waals surface area contributed by atoms with Gasteiger partial charge in [-0.05, 0) is 66.5 Å². The van der Waals surface area contributed by atoms with E-state index < -0.39 is 0 Å². The molecule has 0 unspecified atom stereocenters. The van der Waals surface area contributed by atoms with Crippen LogP contribution in [-0.4, -0.2) is 23.9 Å². The summed E-state index contributed by atoms with van der Waals surface area (Å²) in [6, 6.07) is 20.0. The lowest BCUT2D eigenvalue weighted by molar-refractivity contribution is 0.102. The third-order valence-corrected chi connectivity index (χ3v) is 5.87. The summed E-state index contributed by atoms with van der Waals surface area (Å²) < 4.78 is 0.997. The summed E-state index contributed by atoms with van der Waals surface area (Å²) in [6.07, 6.45) is 3.96. The number of halogens is 1. The smallest absolute Gasteiger partial charge is 0.256 e. The summed E-state index contributed by atoms with van der Waals surface area (Å²) in [4.78, 5) is 15.3. The summed E-state index contributed by atoms with van der Waals surface area (Å²) in [5.41, 5.74) is 2.81. The molecule has 4 rings (SSSR count). The molecule has 0 aliphatic carbocycles. The fourth-order valence-electron chi connectivity index (χ4n) is 3.74. The predicted molar refractivity (Wildman–Crippen MR) is 115 cm³/mol. The SMILES string of the molecule is O=C(Nc1ccc(CN2CCCCC2)cc1)c1cccc2c(Br)cccc12. The maximum Gasteiger partial charge on any atom is 0.256 e. The van der Waals surface area contributed by atoms with Crippen LogP contribution in [0.15, 0.2) is 65.1 Å². The van der Waals surface area contributed by atoms with E-state index in [2.05, 4.69) is 38.3 Å². The number of amides is 1. The van der Waals surface area contributed by atoms with Crippen LogP contribution in [0.2, 0.25) is 0 Å². The summed E-state index contributed by atoms with van der Waals surface area (Å²) in [6.45, 7) is 3.37. The molecule has 4 heteroatoms. The molecule has 1 aliphatic heterocycles. The molecule has 0 atom stereocenters. The fourth-order valence-corrected chi connectivity index (χ4v) is 4.24. The molecule has 3 aromatic rings. The van der Waals surface area contributed by atoms with Crippen LogP contribution in [-0.2, 0) is 6.54 Å². The first-order chi connectivity index (χ1) is 13.2. The Balaban J connectivity index is 1.48. The number of carbonyl (C=O) groups excluding carboxylic acids is 1. The summed E-state index contributed by atoms with van der Waals surface area (Å²) >= 11 is 3.56. The molecule has 1 amide bonds. The number of hydrogen-bond donors (Lipinski definition) is 1. The van der Waals surface area contributed by atoms with E-state index in [1.165, 1.54) is 37.9 Å². The van der Waals surface area contributed by atoms with Crippen LogP contribution < -0.4 is 5.32 Å². The van der Waals surface area contributed by atoms with E-state index in [1.807, 2.05) is 48.5 Å². The molecule has 3 aromatic carbocycles. The zero-order valence-electron chi connectivity index (χ0n) is 15.2. The van der Waals surface area contributed by atoms with E-state index in [0.717, 1.165) is 27.5 Å². The minimum Gasteiger partial charge on any atom is -0.322 e. The van der Waals surface area contributed by atoms with Crippen LogP contribution in [0.3, 0.4) is 0 Å². The minimum atomic E-state index is -0.0810. The molecule has 0 bridgehead atoms. The lowest BCUT2D eigenvalue weighted by Crippen LogP contribution is -2.29. The molecule has 1 fully saturated rings. The molecule has 1 saturated heterocycles. The van der Waals surface area contributed by atoms with Gasteiger partial charge >= 0.3 is 0 Å². The molecule has 27 heavy (non-hydrogen) atoms. The zero-order chi connectivity index (χ0) is 18.6. The molecule has 0 radical (unpaired) electrons. The first-order valence-corrected chi connectivity index (χ1v) is 10.3. The molecule has 0 saturated carbocycles. The number of hydrogen-bond acceptors (Lipinski definition) is 2. The Morgan fingerprint density at radius 1 is 0.889 bits per heavy atom. The first-order valence-electron chi connectivity index (χ1n) is 9.50. The molecule has 3 nitrogen and oxygen atoms in total. The number of carbonyl (C=O) groups is 1. The minimum absolute atomic E-state index is 0.0810. The van der Waals surface area contributed by atoms with Gasteiger partial charge in [-0.25, -0.2) is 0 Å². The van der Waals surface area contributed by atoms with Gasteiger partial charge in [0, 0.05) is 22.3 Å². The molecule has 1 heterocycles. The second kappa shape index (κ2) is 8.24. The van der Waals surface area contributed by atoms with Crippen LogP contribution in [0.25, 0.3) is 10.8 Å². The lowest BCUT2D eigenvalue weighted by atomic mass is 10.0. The van der Waals surface area contributed by atoms with Crippen LogP contribution in [0.5, 0.6) is 0 Å². The van der Waals surface area contributed by atoms with Crippen molar-refractivity contribution >= 4 is 38.3 Å². The standard InChI is InChI=1S/C23H23BrN2O/c24-22-9-5-6-19-20(22)7-4-8-21(19)23(27)25-18-12-10-17(11-13-18)16-26-14-2-1-3-15-26/h4-13H,1-3,14-16H2,(H,25,27). The highest BCUT2D eigenvalue weighted by atomic mass is 79.9. The first kappa shape index (κ1) is 18.2. The topological polar surface area (TPSA) is 32.3 Å². The van der Waals surface area contributed by atoms with E-state index >= 15 is 0 Å². The Kier molecular flexibility index (Phi) is 5.55. The van der Waals surface area contributed by atoms with Crippen molar-refractivity contribution in [1.82, 2.24) is 4.90 Å². The summed E-state index contributed by atoms with van der Waals surface area (Å²) in [5, 5.41) is 5.03. The molecule has 0 spiro atoms. The fraction of sp³-hybridized carbons (Fsp3) is 0.261. The van der Waals surface area contributed by atoms with Crippen LogP contribution in [0, 0.1) is 0 Å². The van der Waals surface area contributed by atoms with E-state index in [-0.39, 0.29) is 5.91 Å². The number of nitrogens with one attached hydrogen (secondary N) is 1. The van der Waals surface area contributed by atoms with Crippen molar-refractivity contribution in [3.63, 3.8) is 0 Å². The van der Waals surface area contributed by atoms with Crippen LogP contribution in [0.4, 0.5) is 5.69 Å². The normalized spacial score (nSPS) is 15.0. The third-order valence-electron chi connectivity index (χ3n) is 5.18. The van der Waals surface area contributed by atoms with Crippen molar-refractivity contribution in [2.24, 2.45) is 0 Å². The Morgan fingerprint density at radius 3 is 2.37 bits per heavy atom. The number of nitrogens with zero attached hydrogens (tertiary/aromatic N) is 1. The van der Waals surface area contributed by atoms with Gasteiger partial charge in [-0.1, -0.05) is 58.7 Å². The van der Waals surface area contributed by atoms with Crippen molar-refractivity contribution in [2.75, 3.05) is 18.4 Å². The molecule has 1 aliphatic rings. The maximum absolute atomic E-state index is 12.8. The van der Waals surface area contributed by atoms with Crippen LogP contribution >= 0.6 is 15.9 Å². The Morgan fingerprint density at radius 2 is 1.59 bits per heavy atom. The highest BCUT2D eigenvalue weighted by Crippen LogP contribution is 2.27. The van der Waals surface area contributed by atoms with Gasteiger partial charge in [-0.3, -0.25) is 9.69 Å². The number of benzene rings is 3. The van der Waals surface area contributed by atoms with E-state index in [1.54, 1.807) is 0 Å². The quantitative estimate of drug-likeness (QED) is 0.572. The van der Waals surface area contributed by atoms with Gasteiger partial charge < -0.3 is 5.32 Å². The largest absolute Gasteiger partial charge is 0.322 e. The van der Waals surface area contributed by atoms with Gasteiger partial charge in [0.15, 0.2) is 0 Å². The van der Waals surface area contributed by atoms with Crippen molar-refractivity contribution in [3.8, 4) is 0 Å². The maximum atomic E-state index is 12.8.